The summed E-state index contributed by atoms with van der Waals surface area (Å²) < 4.78 is 13.7. The number of carbonyl (C=O) groups excluding carboxylic acids is 1. The summed E-state index contributed by atoms with van der Waals surface area (Å²) in [6.45, 7) is 2.25. The second kappa shape index (κ2) is 6.57. The van der Waals surface area contributed by atoms with Crippen molar-refractivity contribution in [1.29, 1.82) is 0 Å². The maximum absolute atomic E-state index is 13.3. The maximum atomic E-state index is 13.3. The number of carbonyl (C=O) groups is 1. The van der Waals surface area contributed by atoms with E-state index in [1.165, 1.54) is 6.07 Å². The van der Waals surface area contributed by atoms with E-state index in [0.717, 1.165) is 31.2 Å². The van der Waals surface area contributed by atoms with Gasteiger partial charge in [0, 0.05) is 6.42 Å². The minimum atomic E-state index is -0.354. The van der Waals surface area contributed by atoms with Gasteiger partial charge in [-0.05, 0) is 79.3 Å². The first-order valence-electron chi connectivity index (χ1n) is 7.50. The summed E-state index contributed by atoms with van der Waals surface area (Å²) in [7, 11) is 3.99. The molecule has 0 unspecified atom stereocenters. The second-order valence-electron chi connectivity index (χ2n) is 6.46. The van der Waals surface area contributed by atoms with Crippen LogP contribution in [0.15, 0.2) is 22.7 Å². The molecular formula is C17H23BrFNO. The number of likely N-dealkylation sites (N-methyl/N-ethyl adjacent to an activating group) is 1. The van der Waals surface area contributed by atoms with Gasteiger partial charge in [-0.25, -0.2) is 4.39 Å². The number of ketones is 1. The van der Waals surface area contributed by atoms with Crippen LogP contribution < -0.4 is 0 Å². The Morgan fingerprint density at radius 2 is 2.00 bits per heavy atom. The lowest BCUT2D eigenvalue weighted by Gasteiger charge is -2.43. The molecule has 2 rings (SSSR count). The number of Topliss-reactive ketones (excluding diaryl/α,β-unsaturated/α-hetero) is 1. The molecule has 0 bridgehead atoms. The number of nitrogens with zero attached hydrogens (tertiary/aromatic N) is 1. The van der Waals surface area contributed by atoms with Gasteiger partial charge in [-0.3, -0.25) is 9.69 Å². The average molecular weight is 356 g/mol. The SMILES string of the molecule is CC1CCC(C(=O)Cc2ccc(F)c(Br)c2)(N(C)C)CC1. The lowest BCUT2D eigenvalue weighted by atomic mass is 9.72. The van der Waals surface area contributed by atoms with Crippen LogP contribution in [0.5, 0.6) is 0 Å². The Labute approximate surface area is 134 Å². The van der Waals surface area contributed by atoms with Crippen LogP contribution in [-0.4, -0.2) is 30.3 Å². The Hall–Kier alpha value is -0.740. The third-order valence-corrected chi connectivity index (χ3v) is 5.43. The zero-order chi connectivity index (χ0) is 15.6. The molecule has 0 atom stereocenters. The molecule has 0 amide bonds. The number of halogens is 2. The van der Waals surface area contributed by atoms with Gasteiger partial charge < -0.3 is 0 Å². The summed E-state index contributed by atoms with van der Waals surface area (Å²) >= 11 is 3.19. The van der Waals surface area contributed by atoms with E-state index in [0.29, 0.717) is 16.8 Å². The number of hydrogen-bond donors (Lipinski definition) is 0. The molecule has 0 aliphatic heterocycles. The summed E-state index contributed by atoms with van der Waals surface area (Å²) in [4.78, 5) is 15.0. The van der Waals surface area contributed by atoms with E-state index in [9.17, 15) is 9.18 Å². The first-order chi connectivity index (χ1) is 9.85. The van der Waals surface area contributed by atoms with Crippen molar-refractivity contribution in [1.82, 2.24) is 4.90 Å². The monoisotopic (exact) mass is 355 g/mol. The Kier molecular flexibility index (Phi) is 5.20. The zero-order valence-electron chi connectivity index (χ0n) is 13.0. The highest BCUT2D eigenvalue weighted by Crippen LogP contribution is 2.36. The van der Waals surface area contributed by atoms with Gasteiger partial charge >= 0.3 is 0 Å². The molecule has 1 aliphatic rings. The van der Waals surface area contributed by atoms with Gasteiger partial charge in [0.2, 0.25) is 0 Å². The molecule has 116 valence electrons. The molecule has 21 heavy (non-hydrogen) atoms. The Morgan fingerprint density at radius 3 is 2.52 bits per heavy atom. The van der Waals surface area contributed by atoms with Gasteiger partial charge in [0.15, 0.2) is 5.78 Å². The van der Waals surface area contributed by atoms with Crippen molar-refractivity contribution >= 4 is 21.7 Å². The van der Waals surface area contributed by atoms with Gasteiger partial charge in [-0.1, -0.05) is 13.0 Å². The molecule has 1 aliphatic carbocycles. The van der Waals surface area contributed by atoms with Crippen molar-refractivity contribution in [2.75, 3.05) is 14.1 Å². The third-order valence-electron chi connectivity index (χ3n) is 4.83. The lowest BCUT2D eigenvalue weighted by Crippen LogP contribution is -2.53. The van der Waals surface area contributed by atoms with E-state index in [2.05, 4.69) is 27.8 Å². The van der Waals surface area contributed by atoms with Gasteiger partial charge in [-0.15, -0.1) is 0 Å². The zero-order valence-corrected chi connectivity index (χ0v) is 14.5. The topological polar surface area (TPSA) is 20.3 Å². The lowest BCUT2D eigenvalue weighted by molar-refractivity contribution is -0.131. The quantitative estimate of drug-likeness (QED) is 0.806. The molecule has 1 aromatic carbocycles. The minimum Gasteiger partial charge on any atom is -0.297 e. The Balaban J connectivity index is 2.17. The normalized spacial score (nSPS) is 26.1. The summed E-state index contributed by atoms with van der Waals surface area (Å²) in [5.74, 6) is 0.656. The molecule has 2 nitrogen and oxygen atoms in total. The highest BCUT2D eigenvalue weighted by molar-refractivity contribution is 9.10. The molecule has 0 N–H and O–H groups in total. The van der Waals surface area contributed by atoms with Crippen LogP contribution in [0.2, 0.25) is 0 Å². The fourth-order valence-electron chi connectivity index (χ4n) is 3.21. The van der Waals surface area contributed by atoms with Crippen molar-refractivity contribution in [3.63, 3.8) is 0 Å². The molecule has 0 radical (unpaired) electrons. The van der Waals surface area contributed by atoms with Gasteiger partial charge in [0.25, 0.3) is 0 Å². The highest BCUT2D eigenvalue weighted by Gasteiger charge is 2.42. The van der Waals surface area contributed by atoms with E-state index in [-0.39, 0.29) is 17.1 Å². The molecule has 4 heteroatoms. The van der Waals surface area contributed by atoms with Crippen molar-refractivity contribution in [3.8, 4) is 0 Å². The molecule has 1 saturated carbocycles. The molecule has 0 aromatic heterocycles. The second-order valence-corrected chi connectivity index (χ2v) is 7.31. The van der Waals surface area contributed by atoms with Crippen molar-refractivity contribution in [3.05, 3.63) is 34.1 Å². The van der Waals surface area contributed by atoms with E-state index in [1.54, 1.807) is 12.1 Å². The number of rotatable bonds is 4. The summed E-state index contributed by atoms with van der Waals surface area (Å²) in [5.41, 5.74) is 0.515. The Bertz CT molecular complexity index is 522. The molecular weight excluding hydrogens is 333 g/mol. The summed E-state index contributed by atoms with van der Waals surface area (Å²) in [5, 5.41) is 0. The van der Waals surface area contributed by atoms with Crippen LogP contribution >= 0.6 is 15.9 Å². The van der Waals surface area contributed by atoms with Gasteiger partial charge in [-0.2, -0.15) is 0 Å². The van der Waals surface area contributed by atoms with Crippen LogP contribution in [0.4, 0.5) is 4.39 Å². The van der Waals surface area contributed by atoms with E-state index in [1.807, 2.05) is 14.1 Å². The van der Waals surface area contributed by atoms with Crippen LogP contribution in [0.1, 0.15) is 38.2 Å². The van der Waals surface area contributed by atoms with Crippen LogP contribution in [0, 0.1) is 11.7 Å². The predicted octanol–water partition coefficient (Wildman–Crippen LogP) is 4.21. The molecule has 1 fully saturated rings. The highest BCUT2D eigenvalue weighted by atomic mass is 79.9. The third kappa shape index (κ3) is 3.54. The maximum Gasteiger partial charge on any atom is 0.157 e. The standard InChI is InChI=1S/C17H23BrFNO/c1-12-6-8-17(9-7-12,20(2)3)16(21)11-13-4-5-15(19)14(18)10-13/h4-5,10,12H,6-9,11H2,1-3H3. The fourth-order valence-corrected chi connectivity index (χ4v) is 3.64. The summed E-state index contributed by atoms with van der Waals surface area (Å²) in [6, 6.07) is 4.83. The predicted molar refractivity (Wildman–Crippen MR) is 86.9 cm³/mol. The van der Waals surface area contributed by atoms with E-state index >= 15 is 0 Å². The van der Waals surface area contributed by atoms with Crippen molar-refractivity contribution in [2.45, 2.75) is 44.6 Å². The van der Waals surface area contributed by atoms with E-state index in [4.69, 9.17) is 0 Å². The van der Waals surface area contributed by atoms with Crippen molar-refractivity contribution < 1.29 is 9.18 Å². The first kappa shape index (κ1) is 16.6. The number of benzene rings is 1. The summed E-state index contributed by atoms with van der Waals surface area (Å²) in [6.07, 6.45) is 4.39. The molecule has 0 heterocycles. The smallest absolute Gasteiger partial charge is 0.157 e. The largest absolute Gasteiger partial charge is 0.297 e. The number of hydrogen-bond acceptors (Lipinski definition) is 2. The van der Waals surface area contributed by atoms with Crippen LogP contribution in [0.3, 0.4) is 0 Å². The molecule has 0 spiro atoms. The fraction of sp³-hybridized carbons (Fsp3) is 0.588. The van der Waals surface area contributed by atoms with E-state index < -0.39 is 0 Å². The van der Waals surface area contributed by atoms with Crippen LogP contribution in [-0.2, 0) is 11.2 Å². The first-order valence-corrected chi connectivity index (χ1v) is 8.29. The van der Waals surface area contributed by atoms with Gasteiger partial charge in [0.1, 0.15) is 5.82 Å². The Morgan fingerprint density at radius 1 is 1.38 bits per heavy atom. The average Bonchev–Trinajstić information content (AvgIpc) is 2.43. The molecule has 1 aromatic rings. The van der Waals surface area contributed by atoms with Gasteiger partial charge in [0.05, 0.1) is 10.0 Å². The van der Waals surface area contributed by atoms with Crippen molar-refractivity contribution in [2.24, 2.45) is 5.92 Å². The minimum absolute atomic E-state index is 0.248. The molecule has 0 saturated heterocycles. The van der Waals surface area contributed by atoms with Crippen LogP contribution in [0.25, 0.3) is 0 Å².